The van der Waals surface area contributed by atoms with E-state index < -0.39 is 0 Å². The molecule has 108 valence electrons. The summed E-state index contributed by atoms with van der Waals surface area (Å²) in [6, 6.07) is 0. The molecule has 3 nitrogen and oxygen atoms in total. The molecule has 1 aromatic rings. The molecular weight excluding hydrogens is 388 g/mol. The van der Waals surface area contributed by atoms with Crippen LogP contribution in [0.25, 0.3) is 0 Å². The fraction of sp³-hybridized carbons (Fsp3) is 0.533. The van der Waals surface area contributed by atoms with Crippen molar-refractivity contribution in [3.8, 4) is 5.75 Å². The van der Waals surface area contributed by atoms with E-state index in [0.29, 0.717) is 13.0 Å². The van der Waals surface area contributed by atoms with Gasteiger partial charge in [0.25, 0.3) is 0 Å². The third-order valence-corrected chi connectivity index (χ3v) is 6.21. The van der Waals surface area contributed by atoms with Crippen molar-refractivity contribution in [1.82, 2.24) is 0 Å². The Morgan fingerprint density at radius 2 is 2.10 bits per heavy atom. The lowest BCUT2D eigenvalue weighted by Gasteiger charge is -2.16. The second kappa shape index (κ2) is 5.68. The topological polar surface area (TPSA) is 35.5 Å². The lowest BCUT2D eigenvalue weighted by molar-refractivity contribution is -0.143. The smallest absolute Gasteiger partial charge is 0.306 e. The first-order valence-corrected chi connectivity index (χ1v) is 8.53. The van der Waals surface area contributed by atoms with Gasteiger partial charge in [-0.3, -0.25) is 4.79 Å². The van der Waals surface area contributed by atoms with Crippen molar-refractivity contribution < 1.29 is 14.3 Å². The van der Waals surface area contributed by atoms with E-state index in [1.54, 1.807) is 0 Å². The normalized spacial score (nSPS) is 19.4. The molecule has 0 radical (unpaired) electrons. The number of esters is 1. The van der Waals surface area contributed by atoms with Crippen LogP contribution in [0, 0.1) is 0 Å². The first kappa shape index (κ1) is 14.4. The summed E-state index contributed by atoms with van der Waals surface area (Å²) in [5, 5.41) is 0. The second-order valence-corrected chi connectivity index (χ2v) is 6.76. The highest BCUT2D eigenvalue weighted by molar-refractivity contribution is 9.13. The van der Waals surface area contributed by atoms with Gasteiger partial charge >= 0.3 is 5.97 Å². The molecule has 20 heavy (non-hydrogen) atoms. The average molecular weight is 404 g/mol. The number of carbonyl (C=O) groups excluding carboxylic acids is 1. The number of benzene rings is 1. The number of carbonyl (C=O) groups is 1. The van der Waals surface area contributed by atoms with Crippen LogP contribution in [0.4, 0.5) is 0 Å². The van der Waals surface area contributed by atoms with Gasteiger partial charge < -0.3 is 9.47 Å². The van der Waals surface area contributed by atoms with Gasteiger partial charge in [0, 0.05) is 16.5 Å². The Morgan fingerprint density at radius 3 is 2.85 bits per heavy atom. The number of ether oxygens (including phenoxy) is 2. The van der Waals surface area contributed by atoms with Crippen molar-refractivity contribution >= 4 is 37.8 Å². The summed E-state index contributed by atoms with van der Waals surface area (Å²) in [5.41, 5.74) is 3.93. The third-order valence-electron chi connectivity index (χ3n) is 4.05. The molecule has 0 bridgehead atoms. The van der Waals surface area contributed by atoms with Crippen LogP contribution in [-0.4, -0.2) is 19.2 Å². The zero-order valence-corrected chi connectivity index (χ0v) is 14.5. The molecule has 1 aromatic carbocycles. The monoisotopic (exact) mass is 402 g/mol. The minimum absolute atomic E-state index is 0.0999. The molecule has 0 aromatic heterocycles. The SMILES string of the molecule is CCOC(=O)CC1CCc2c(Br)c(Br)c3c(c21)CCO3. The number of rotatable bonds is 3. The summed E-state index contributed by atoms with van der Waals surface area (Å²) < 4.78 is 12.9. The molecule has 1 heterocycles. The summed E-state index contributed by atoms with van der Waals surface area (Å²) >= 11 is 7.28. The maximum Gasteiger partial charge on any atom is 0.306 e. The Labute approximate surface area is 135 Å². The molecule has 1 aliphatic carbocycles. The van der Waals surface area contributed by atoms with Crippen LogP contribution in [0.2, 0.25) is 0 Å². The van der Waals surface area contributed by atoms with Gasteiger partial charge in [-0.1, -0.05) is 0 Å². The Morgan fingerprint density at radius 1 is 1.30 bits per heavy atom. The molecule has 0 amide bonds. The molecule has 0 spiro atoms. The van der Waals surface area contributed by atoms with Crippen molar-refractivity contribution in [3.05, 3.63) is 25.6 Å². The van der Waals surface area contributed by atoms with Crippen LogP contribution in [0.1, 0.15) is 42.4 Å². The van der Waals surface area contributed by atoms with Crippen molar-refractivity contribution in [1.29, 1.82) is 0 Å². The van der Waals surface area contributed by atoms with Gasteiger partial charge in [-0.2, -0.15) is 0 Å². The van der Waals surface area contributed by atoms with E-state index in [1.807, 2.05) is 6.92 Å². The highest BCUT2D eigenvalue weighted by Gasteiger charge is 2.34. The third kappa shape index (κ3) is 2.29. The predicted octanol–water partition coefficient (Wildman–Crippen LogP) is 4.13. The molecule has 0 fully saturated rings. The summed E-state index contributed by atoms with van der Waals surface area (Å²) in [4.78, 5) is 11.8. The molecule has 5 heteroatoms. The Hall–Kier alpha value is -0.550. The maximum absolute atomic E-state index is 11.8. The fourth-order valence-electron chi connectivity index (χ4n) is 3.27. The van der Waals surface area contributed by atoms with Crippen LogP contribution in [0.15, 0.2) is 8.95 Å². The first-order chi connectivity index (χ1) is 9.63. The van der Waals surface area contributed by atoms with Crippen molar-refractivity contribution in [2.75, 3.05) is 13.2 Å². The number of fused-ring (bicyclic) bond motifs is 3. The number of hydrogen-bond acceptors (Lipinski definition) is 3. The van der Waals surface area contributed by atoms with Crippen molar-refractivity contribution in [2.45, 2.75) is 38.5 Å². The first-order valence-electron chi connectivity index (χ1n) is 6.94. The predicted molar refractivity (Wildman–Crippen MR) is 83.4 cm³/mol. The minimum atomic E-state index is -0.0999. The quantitative estimate of drug-likeness (QED) is 0.711. The van der Waals surface area contributed by atoms with Gasteiger partial charge in [-0.25, -0.2) is 0 Å². The van der Waals surface area contributed by atoms with E-state index in [9.17, 15) is 4.79 Å². The number of hydrogen-bond donors (Lipinski definition) is 0. The second-order valence-electron chi connectivity index (χ2n) is 5.17. The Balaban J connectivity index is 1.99. The molecule has 1 atom stereocenters. The molecule has 0 N–H and O–H groups in total. The Bertz CT molecular complexity index is 569. The summed E-state index contributed by atoms with van der Waals surface area (Å²) in [7, 11) is 0. The van der Waals surface area contributed by atoms with Gasteiger partial charge in [0.1, 0.15) is 5.75 Å². The zero-order chi connectivity index (χ0) is 14.3. The lowest BCUT2D eigenvalue weighted by atomic mass is 9.92. The maximum atomic E-state index is 11.8. The van der Waals surface area contributed by atoms with Crippen molar-refractivity contribution in [2.24, 2.45) is 0 Å². The summed E-state index contributed by atoms with van der Waals surface area (Å²) in [5.74, 6) is 1.12. The molecule has 0 saturated heterocycles. The highest BCUT2D eigenvalue weighted by Crippen LogP contribution is 2.51. The van der Waals surface area contributed by atoms with Crippen LogP contribution >= 0.6 is 31.9 Å². The van der Waals surface area contributed by atoms with E-state index in [2.05, 4.69) is 31.9 Å². The van der Waals surface area contributed by atoms with Gasteiger partial charge in [-0.05, 0) is 68.7 Å². The van der Waals surface area contributed by atoms with E-state index >= 15 is 0 Å². The molecule has 2 aliphatic rings. The van der Waals surface area contributed by atoms with E-state index in [1.165, 1.54) is 16.7 Å². The van der Waals surface area contributed by atoms with Gasteiger partial charge in [0.2, 0.25) is 0 Å². The van der Waals surface area contributed by atoms with E-state index in [-0.39, 0.29) is 11.9 Å². The van der Waals surface area contributed by atoms with Crippen LogP contribution in [0.5, 0.6) is 5.75 Å². The van der Waals surface area contributed by atoms with Gasteiger partial charge in [0.15, 0.2) is 0 Å². The molecule has 1 unspecified atom stereocenters. The fourth-order valence-corrected chi connectivity index (χ4v) is 4.45. The van der Waals surface area contributed by atoms with Crippen LogP contribution < -0.4 is 4.74 Å². The summed E-state index contributed by atoms with van der Waals surface area (Å²) in [6.45, 7) is 3.02. The largest absolute Gasteiger partial charge is 0.492 e. The minimum Gasteiger partial charge on any atom is -0.492 e. The lowest BCUT2D eigenvalue weighted by Crippen LogP contribution is -2.09. The van der Waals surface area contributed by atoms with Crippen LogP contribution in [0.3, 0.4) is 0 Å². The molecule has 3 rings (SSSR count). The van der Waals surface area contributed by atoms with Crippen molar-refractivity contribution in [3.63, 3.8) is 0 Å². The zero-order valence-electron chi connectivity index (χ0n) is 11.3. The molecule has 0 saturated carbocycles. The molecule has 1 aliphatic heterocycles. The average Bonchev–Trinajstić information content (AvgIpc) is 3.02. The van der Waals surface area contributed by atoms with Gasteiger partial charge in [-0.15, -0.1) is 0 Å². The molecular formula is C15H16Br2O3. The Kier molecular flexibility index (Phi) is 4.09. The van der Waals surface area contributed by atoms with Gasteiger partial charge in [0.05, 0.1) is 24.1 Å². The summed E-state index contributed by atoms with van der Waals surface area (Å²) in [6.07, 6.45) is 3.42. The van der Waals surface area contributed by atoms with E-state index in [0.717, 1.165) is 40.6 Å². The standard InChI is InChI=1S/C15H16Br2O3/c1-2-19-11(18)7-8-3-4-9-12(8)10-5-6-20-15(10)14(17)13(9)16/h8H,2-7H2,1H3. The number of halogens is 2. The van der Waals surface area contributed by atoms with Crippen LogP contribution in [-0.2, 0) is 22.4 Å². The highest BCUT2D eigenvalue weighted by atomic mass is 79.9. The van der Waals surface area contributed by atoms with E-state index in [4.69, 9.17) is 9.47 Å².